The number of sulfonamides is 1. The summed E-state index contributed by atoms with van der Waals surface area (Å²) >= 11 is 0. The number of primary sulfonamides is 1. The Hall–Kier alpha value is -3.15. The third kappa shape index (κ3) is 5.87. The lowest BCUT2D eigenvalue weighted by Crippen LogP contribution is -2.39. The molecule has 1 aliphatic carbocycles. The zero-order valence-corrected chi connectivity index (χ0v) is 24.1. The van der Waals surface area contributed by atoms with E-state index in [9.17, 15) is 22.3 Å². The van der Waals surface area contributed by atoms with Gasteiger partial charge in [0.2, 0.25) is 10.0 Å². The van der Waals surface area contributed by atoms with Crippen molar-refractivity contribution < 1.29 is 26.7 Å². The molecule has 2 aromatic carbocycles. The van der Waals surface area contributed by atoms with Crippen LogP contribution >= 0.6 is 0 Å². The summed E-state index contributed by atoms with van der Waals surface area (Å²) in [6.07, 6.45) is 6.97. The Labute approximate surface area is 243 Å². The van der Waals surface area contributed by atoms with Crippen molar-refractivity contribution >= 4 is 44.2 Å². The number of pyridine rings is 1. The molecule has 3 aromatic rings. The fourth-order valence-corrected chi connectivity index (χ4v) is 7.04. The van der Waals surface area contributed by atoms with Crippen molar-refractivity contribution in [1.82, 2.24) is 4.98 Å². The van der Waals surface area contributed by atoms with Crippen LogP contribution in [0.2, 0.25) is 0 Å². The molecule has 6 rings (SSSR count). The molecule has 2 aliphatic heterocycles. The molecular formula is C31H35F3N4O3S. The van der Waals surface area contributed by atoms with Crippen LogP contribution in [0.1, 0.15) is 60.5 Å². The van der Waals surface area contributed by atoms with E-state index in [0.29, 0.717) is 44.4 Å². The second-order valence-electron chi connectivity index (χ2n) is 12.0. The van der Waals surface area contributed by atoms with Crippen LogP contribution < -0.4 is 14.9 Å². The highest BCUT2D eigenvalue weighted by Crippen LogP contribution is 2.54. The summed E-state index contributed by atoms with van der Waals surface area (Å²) in [5, 5.41) is 14.6. The number of hydrogen-bond donors (Lipinski definition) is 2. The number of aliphatic hydroxyl groups excluding tert-OH is 1. The molecule has 7 nitrogen and oxygen atoms in total. The molecule has 3 N–H and O–H groups in total. The minimum absolute atomic E-state index is 0.144. The van der Waals surface area contributed by atoms with E-state index < -0.39 is 33.6 Å². The summed E-state index contributed by atoms with van der Waals surface area (Å²) in [5.74, 6) is -3.23. The number of halogens is 3. The fourth-order valence-electron chi connectivity index (χ4n) is 6.30. The van der Waals surface area contributed by atoms with E-state index in [0.717, 1.165) is 25.9 Å². The Morgan fingerprint density at radius 1 is 0.976 bits per heavy atom. The molecule has 3 fully saturated rings. The first-order chi connectivity index (χ1) is 20.0. The molecule has 224 valence electrons. The number of hydrogen-bond acceptors (Lipinski definition) is 6. The Bertz CT molecular complexity index is 1620. The topological polar surface area (TPSA) is 99.8 Å². The summed E-state index contributed by atoms with van der Waals surface area (Å²) in [6.45, 7) is 1.14. The summed E-state index contributed by atoms with van der Waals surface area (Å²) in [4.78, 5) is 8.45. The van der Waals surface area contributed by atoms with Gasteiger partial charge in [-0.1, -0.05) is 18.2 Å². The molecule has 3 aliphatic rings. The number of aliphatic hydroxyl groups is 1. The number of aromatic nitrogens is 1. The van der Waals surface area contributed by atoms with E-state index in [1.807, 2.05) is 11.0 Å². The summed E-state index contributed by atoms with van der Waals surface area (Å²) < 4.78 is 68.3. The summed E-state index contributed by atoms with van der Waals surface area (Å²) in [6, 6.07) is 11.9. The zero-order valence-electron chi connectivity index (χ0n) is 23.3. The van der Waals surface area contributed by atoms with Crippen LogP contribution in [-0.4, -0.2) is 57.2 Å². The number of fused-ring (bicyclic) bond motifs is 1. The SMILES string of the molecule is NS(=O)(=O)C(CO)c1ccc(/C=C(\F)c2cc(N3CCC(F)(F)CC3)c3ncccc3c2)c(N2CCC3(CC2)CC3)c1. The number of benzene rings is 2. The first-order valence-corrected chi connectivity index (χ1v) is 16.0. The van der Waals surface area contributed by atoms with Crippen LogP contribution in [0.15, 0.2) is 48.7 Å². The number of anilines is 2. The second kappa shape index (κ2) is 10.8. The van der Waals surface area contributed by atoms with Gasteiger partial charge >= 0.3 is 0 Å². The van der Waals surface area contributed by atoms with Crippen LogP contribution in [0.25, 0.3) is 22.8 Å². The molecule has 11 heteroatoms. The van der Waals surface area contributed by atoms with Crippen LogP contribution in [0.4, 0.5) is 24.5 Å². The van der Waals surface area contributed by atoms with Gasteiger partial charge in [0.1, 0.15) is 11.1 Å². The third-order valence-corrected chi connectivity index (χ3v) is 10.4. The summed E-state index contributed by atoms with van der Waals surface area (Å²) in [5.41, 5.74) is 3.54. The van der Waals surface area contributed by atoms with Gasteiger partial charge in [-0.15, -0.1) is 0 Å². The first-order valence-electron chi connectivity index (χ1n) is 14.4. The van der Waals surface area contributed by atoms with E-state index in [1.54, 1.807) is 42.6 Å². The molecule has 0 bridgehead atoms. The van der Waals surface area contributed by atoms with E-state index in [1.165, 1.54) is 18.9 Å². The monoisotopic (exact) mass is 600 g/mol. The van der Waals surface area contributed by atoms with Gasteiger partial charge in [-0.25, -0.2) is 26.7 Å². The van der Waals surface area contributed by atoms with Gasteiger partial charge in [0.25, 0.3) is 5.92 Å². The molecular weight excluding hydrogens is 565 g/mol. The average Bonchev–Trinajstić information content (AvgIpc) is 3.72. The van der Waals surface area contributed by atoms with Crippen LogP contribution in [0.3, 0.4) is 0 Å². The molecule has 0 radical (unpaired) electrons. The maximum Gasteiger partial charge on any atom is 0.251 e. The number of piperidine rings is 2. The minimum atomic E-state index is -4.06. The lowest BCUT2D eigenvalue weighted by Gasteiger charge is -2.35. The fraction of sp³-hybridized carbons (Fsp3) is 0.452. The van der Waals surface area contributed by atoms with Crippen LogP contribution in [-0.2, 0) is 10.0 Å². The Morgan fingerprint density at radius 3 is 2.29 bits per heavy atom. The van der Waals surface area contributed by atoms with Gasteiger partial charge in [-0.2, -0.15) is 0 Å². The predicted molar refractivity (Wildman–Crippen MR) is 160 cm³/mol. The van der Waals surface area contributed by atoms with E-state index >= 15 is 4.39 Å². The quantitative estimate of drug-likeness (QED) is 0.341. The lowest BCUT2D eigenvalue weighted by molar-refractivity contribution is -0.0220. The molecule has 1 aromatic heterocycles. The van der Waals surface area contributed by atoms with Gasteiger partial charge in [-0.05, 0) is 67.0 Å². The average molecular weight is 601 g/mol. The van der Waals surface area contributed by atoms with E-state index in [-0.39, 0.29) is 25.9 Å². The van der Waals surface area contributed by atoms with Gasteiger partial charge in [0.15, 0.2) is 0 Å². The number of nitrogens with two attached hydrogens (primary N) is 1. The third-order valence-electron chi connectivity index (χ3n) is 9.19. The molecule has 1 saturated carbocycles. The maximum absolute atomic E-state index is 16.1. The van der Waals surface area contributed by atoms with Crippen LogP contribution in [0.5, 0.6) is 0 Å². The van der Waals surface area contributed by atoms with Crippen molar-refractivity contribution in [2.24, 2.45) is 10.6 Å². The van der Waals surface area contributed by atoms with Crippen molar-refractivity contribution in [3.05, 3.63) is 65.4 Å². The Balaban J connectivity index is 1.39. The van der Waals surface area contributed by atoms with Crippen molar-refractivity contribution in [3.8, 4) is 0 Å². The smallest absolute Gasteiger partial charge is 0.251 e. The Morgan fingerprint density at radius 2 is 1.64 bits per heavy atom. The highest BCUT2D eigenvalue weighted by Gasteiger charge is 2.44. The highest BCUT2D eigenvalue weighted by molar-refractivity contribution is 7.89. The van der Waals surface area contributed by atoms with Gasteiger partial charge in [0, 0.05) is 67.4 Å². The van der Waals surface area contributed by atoms with Crippen molar-refractivity contribution in [2.75, 3.05) is 42.6 Å². The molecule has 1 unspecified atom stereocenters. The van der Waals surface area contributed by atoms with Gasteiger partial charge in [-0.3, -0.25) is 4.98 Å². The lowest BCUT2D eigenvalue weighted by atomic mass is 9.92. The zero-order chi connectivity index (χ0) is 29.7. The van der Waals surface area contributed by atoms with Crippen molar-refractivity contribution in [3.63, 3.8) is 0 Å². The van der Waals surface area contributed by atoms with Gasteiger partial charge < -0.3 is 14.9 Å². The number of alkyl halides is 2. The Kier molecular flexibility index (Phi) is 7.47. The largest absolute Gasteiger partial charge is 0.395 e. The molecule has 2 saturated heterocycles. The summed E-state index contributed by atoms with van der Waals surface area (Å²) in [7, 11) is -4.06. The molecule has 42 heavy (non-hydrogen) atoms. The van der Waals surface area contributed by atoms with Gasteiger partial charge in [0.05, 0.1) is 17.8 Å². The number of rotatable bonds is 7. The predicted octanol–water partition coefficient (Wildman–Crippen LogP) is 5.64. The first kappa shape index (κ1) is 28.9. The molecule has 1 atom stereocenters. The molecule has 0 amide bonds. The molecule has 3 heterocycles. The minimum Gasteiger partial charge on any atom is -0.395 e. The second-order valence-corrected chi connectivity index (χ2v) is 13.7. The standard InChI is InChI=1S/C31H35F3N4O3S/c32-25(24-16-23-2-1-11-36-29(23)27(19-24)38-14-9-31(33,34)10-15-38)17-21-3-4-22(28(20-39)42(35,40)41)18-26(21)37-12-7-30(5-6-30)8-13-37/h1-4,11,16-19,28,39H,5-10,12-15,20H2,(H2,35,40,41)/b25-17-. The number of nitrogens with zero attached hydrogens (tertiary/aromatic N) is 3. The highest BCUT2D eigenvalue weighted by atomic mass is 32.2. The van der Waals surface area contributed by atoms with Crippen molar-refractivity contribution in [2.45, 2.75) is 49.7 Å². The van der Waals surface area contributed by atoms with E-state index in [2.05, 4.69) is 9.88 Å². The normalized spacial score (nSPS) is 21.1. The maximum atomic E-state index is 16.1. The van der Waals surface area contributed by atoms with Crippen molar-refractivity contribution in [1.29, 1.82) is 0 Å². The van der Waals surface area contributed by atoms with E-state index in [4.69, 9.17) is 5.14 Å². The van der Waals surface area contributed by atoms with Crippen LogP contribution in [0, 0.1) is 5.41 Å². The molecule has 1 spiro atoms.